The van der Waals surface area contributed by atoms with Crippen LogP contribution in [0.2, 0.25) is 0 Å². The maximum Gasteiger partial charge on any atom is 0.243 e. The van der Waals surface area contributed by atoms with Crippen LogP contribution in [0.4, 0.5) is 11.4 Å². The predicted molar refractivity (Wildman–Crippen MR) is 66.9 cm³/mol. The molecule has 2 rings (SSSR count). The fourth-order valence-corrected chi connectivity index (χ4v) is 1.99. The van der Waals surface area contributed by atoms with Gasteiger partial charge in [0.1, 0.15) is 0 Å². The number of hydrogen-bond acceptors (Lipinski definition) is 2. The average Bonchev–Trinajstić information content (AvgIpc) is 2.16. The van der Waals surface area contributed by atoms with Crippen LogP contribution in [0.3, 0.4) is 0 Å². The highest BCUT2D eigenvalue weighted by atomic mass is 16.2. The van der Waals surface area contributed by atoms with Crippen molar-refractivity contribution in [2.45, 2.75) is 33.2 Å². The van der Waals surface area contributed by atoms with Crippen LogP contribution in [0, 0.1) is 6.92 Å². The van der Waals surface area contributed by atoms with E-state index in [1.165, 1.54) is 5.56 Å². The number of rotatable bonds is 0. The molecule has 1 N–H and O–H groups in total. The Hall–Kier alpha value is -1.51. The van der Waals surface area contributed by atoms with Crippen molar-refractivity contribution in [2.24, 2.45) is 0 Å². The van der Waals surface area contributed by atoms with Crippen molar-refractivity contribution in [3.05, 3.63) is 23.8 Å². The molecule has 0 atom stereocenters. The van der Waals surface area contributed by atoms with E-state index < -0.39 is 0 Å². The number of benzene rings is 1. The lowest BCUT2D eigenvalue weighted by Gasteiger charge is -2.41. The van der Waals surface area contributed by atoms with Gasteiger partial charge in [-0.05, 0) is 45.4 Å². The molecule has 1 amide bonds. The van der Waals surface area contributed by atoms with Gasteiger partial charge in [-0.2, -0.15) is 0 Å². The van der Waals surface area contributed by atoms with Gasteiger partial charge >= 0.3 is 0 Å². The Morgan fingerprint density at radius 2 is 2.00 bits per heavy atom. The molecule has 0 saturated carbocycles. The van der Waals surface area contributed by atoms with Crippen LogP contribution in [-0.2, 0) is 4.79 Å². The molecule has 0 unspecified atom stereocenters. The van der Waals surface area contributed by atoms with E-state index in [9.17, 15) is 4.79 Å². The van der Waals surface area contributed by atoms with E-state index in [1.54, 1.807) is 0 Å². The van der Waals surface area contributed by atoms with Crippen LogP contribution in [0.1, 0.15) is 26.3 Å². The maximum absolute atomic E-state index is 11.6. The summed E-state index contributed by atoms with van der Waals surface area (Å²) in [4.78, 5) is 13.8. The van der Waals surface area contributed by atoms with Crippen LogP contribution in [0.5, 0.6) is 0 Å². The first-order valence-corrected chi connectivity index (χ1v) is 5.56. The Labute approximate surface area is 96.5 Å². The monoisotopic (exact) mass is 218 g/mol. The van der Waals surface area contributed by atoms with Gasteiger partial charge in [0.25, 0.3) is 0 Å². The third kappa shape index (κ3) is 1.90. The Morgan fingerprint density at radius 3 is 2.62 bits per heavy atom. The van der Waals surface area contributed by atoms with E-state index in [0.717, 1.165) is 11.4 Å². The van der Waals surface area contributed by atoms with Crippen LogP contribution in [0.15, 0.2) is 18.2 Å². The molecule has 3 nitrogen and oxygen atoms in total. The predicted octanol–water partition coefficient (Wildman–Crippen LogP) is 2.55. The molecular formula is C13H18N2O. The molecule has 0 fully saturated rings. The largest absolute Gasteiger partial charge is 0.356 e. The zero-order valence-corrected chi connectivity index (χ0v) is 10.3. The number of fused-ring (bicyclic) bond motifs is 1. The highest BCUT2D eigenvalue weighted by Crippen LogP contribution is 2.34. The Balaban J connectivity index is 2.52. The first-order chi connectivity index (χ1) is 7.38. The number of carbonyl (C=O) groups is 1. The number of nitrogens with one attached hydrogen (secondary N) is 1. The number of amides is 1. The lowest BCUT2D eigenvalue weighted by Crippen LogP contribution is -2.48. The molecule has 0 aromatic heterocycles. The normalized spacial score (nSPS) is 15.8. The number of anilines is 2. The Morgan fingerprint density at radius 1 is 1.31 bits per heavy atom. The van der Waals surface area contributed by atoms with E-state index in [0.29, 0.717) is 6.54 Å². The van der Waals surface area contributed by atoms with Gasteiger partial charge in [0.05, 0.1) is 17.9 Å². The van der Waals surface area contributed by atoms with E-state index >= 15 is 0 Å². The lowest BCUT2D eigenvalue weighted by molar-refractivity contribution is -0.115. The van der Waals surface area contributed by atoms with Crippen molar-refractivity contribution in [1.82, 2.24) is 0 Å². The number of aryl methyl sites for hydroxylation is 1. The van der Waals surface area contributed by atoms with Gasteiger partial charge in [0.2, 0.25) is 5.91 Å². The second-order valence-corrected chi connectivity index (χ2v) is 5.33. The van der Waals surface area contributed by atoms with Crippen molar-refractivity contribution < 1.29 is 4.79 Å². The molecule has 1 aliphatic rings. The number of carbonyl (C=O) groups excluding carboxylic acids is 1. The standard InChI is InChI=1S/C13H18N2O/c1-9-5-6-10-11(7-9)15(13(2,3)4)8-12(16)14-10/h5-7H,8H2,1-4H3,(H,14,16). The Bertz CT molecular complexity index is 432. The topological polar surface area (TPSA) is 32.3 Å². The van der Waals surface area contributed by atoms with Crippen molar-refractivity contribution in [1.29, 1.82) is 0 Å². The summed E-state index contributed by atoms with van der Waals surface area (Å²) in [6, 6.07) is 6.12. The van der Waals surface area contributed by atoms with E-state index in [2.05, 4.69) is 44.0 Å². The summed E-state index contributed by atoms with van der Waals surface area (Å²) in [5, 5.41) is 2.91. The molecule has 1 heterocycles. The molecule has 1 aromatic rings. The van der Waals surface area contributed by atoms with Gasteiger partial charge in [0, 0.05) is 5.54 Å². The number of hydrogen-bond donors (Lipinski definition) is 1. The quantitative estimate of drug-likeness (QED) is 0.725. The van der Waals surface area contributed by atoms with E-state index in [1.807, 2.05) is 12.1 Å². The second-order valence-electron chi connectivity index (χ2n) is 5.33. The third-order valence-electron chi connectivity index (χ3n) is 2.83. The van der Waals surface area contributed by atoms with Crippen molar-refractivity contribution in [3.63, 3.8) is 0 Å². The third-order valence-corrected chi connectivity index (χ3v) is 2.83. The molecule has 3 heteroatoms. The smallest absolute Gasteiger partial charge is 0.243 e. The molecule has 0 spiro atoms. The van der Waals surface area contributed by atoms with Gasteiger partial charge in [-0.3, -0.25) is 4.79 Å². The van der Waals surface area contributed by atoms with Crippen LogP contribution in [0.25, 0.3) is 0 Å². The minimum atomic E-state index is -0.0414. The van der Waals surface area contributed by atoms with Gasteiger partial charge < -0.3 is 10.2 Å². The summed E-state index contributed by atoms with van der Waals surface area (Å²) in [5.74, 6) is 0.0614. The molecule has 0 bridgehead atoms. The van der Waals surface area contributed by atoms with Crippen LogP contribution < -0.4 is 10.2 Å². The first kappa shape index (κ1) is 11.0. The van der Waals surface area contributed by atoms with E-state index in [4.69, 9.17) is 0 Å². The second kappa shape index (κ2) is 3.51. The highest BCUT2D eigenvalue weighted by Gasteiger charge is 2.29. The highest BCUT2D eigenvalue weighted by molar-refractivity contribution is 6.01. The van der Waals surface area contributed by atoms with Gasteiger partial charge in [-0.25, -0.2) is 0 Å². The minimum Gasteiger partial charge on any atom is -0.356 e. The summed E-state index contributed by atoms with van der Waals surface area (Å²) < 4.78 is 0. The summed E-state index contributed by atoms with van der Waals surface area (Å²) in [5.41, 5.74) is 3.20. The molecule has 1 aromatic carbocycles. The van der Waals surface area contributed by atoms with E-state index in [-0.39, 0.29) is 11.4 Å². The fourth-order valence-electron chi connectivity index (χ4n) is 1.99. The maximum atomic E-state index is 11.6. The van der Waals surface area contributed by atoms with Gasteiger partial charge in [0.15, 0.2) is 0 Å². The molecule has 86 valence electrons. The van der Waals surface area contributed by atoms with Gasteiger partial charge in [-0.1, -0.05) is 6.07 Å². The fraction of sp³-hybridized carbons (Fsp3) is 0.462. The Kier molecular flexibility index (Phi) is 2.41. The minimum absolute atomic E-state index is 0.0414. The van der Waals surface area contributed by atoms with Crippen molar-refractivity contribution >= 4 is 17.3 Å². The summed E-state index contributed by atoms with van der Waals surface area (Å²) >= 11 is 0. The lowest BCUT2D eigenvalue weighted by atomic mass is 10.0. The molecule has 1 aliphatic heterocycles. The van der Waals surface area contributed by atoms with Crippen molar-refractivity contribution in [2.75, 3.05) is 16.8 Å². The van der Waals surface area contributed by atoms with Crippen LogP contribution in [-0.4, -0.2) is 18.0 Å². The molecule has 16 heavy (non-hydrogen) atoms. The molecular weight excluding hydrogens is 200 g/mol. The summed E-state index contributed by atoms with van der Waals surface area (Å²) in [7, 11) is 0. The molecule has 0 radical (unpaired) electrons. The SMILES string of the molecule is Cc1ccc2c(c1)N(C(C)(C)C)CC(=O)N2. The molecule has 0 aliphatic carbocycles. The summed E-state index contributed by atoms with van der Waals surface area (Å²) in [6.45, 7) is 8.87. The zero-order chi connectivity index (χ0) is 11.9. The van der Waals surface area contributed by atoms with Gasteiger partial charge in [-0.15, -0.1) is 0 Å². The zero-order valence-electron chi connectivity index (χ0n) is 10.3. The molecule has 0 saturated heterocycles. The van der Waals surface area contributed by atoms with Crippen LogP contribution >= 0.6 is 0 Å². The summed E-state index contributed by atoms with van der Waals surface area (Å²) in [6.07, 6.45) is 0. The average molecular weight is 218 g/mol. The first-order valence-electron chi connectivity index (χ1n) is 5.56. The number of nitrogens with zero attached hydrogens (tertiary/aromatic N) is 1. The van der Waals surface area contributed by atoms with Crippen molar-refractivity contribution in [3.8, 4) is 0 Å².